The third-order valence-corrected chi connectivity index (χ3v) is 4.31. The lowest BCUT2D eigenvalue weighted by Crippen LogP contribution is -2.42. The number of nitrogens with two attached hydrogens (primary N) is 1. The molecule has 0 saturated carbocycles. The van der Waals surface area contributed by atoms with Gasteiger partial charge in [0.05, 0.1) is 6.10 Å². The van der Waals surface area contributed by atoms with Crippen molar-refractivity contribution in [2.45, 2.75) is 51.3 Å². The molecule has 0 aromatic heterocycles. The van der Waals surface area contributed by atoms with Crippen molar-refractivity contribution in [3.05, 3.63) is 71.3 Å². The van der Waals surface area contributed by atoms with E-state index in [1.807, 2.05) is 30.3 Å². The van der Waals surface area contributed by atoms with Gasteiger partial charge in [-0.1, -0.05) is 75.4 Å². The van der Waals surface area contributed by atoms with Crippen molar-refractivity contribution in [2.75, 3.05) is 6.54 Å². The van der Waals surface area contributed by atoms with Gasteiger partial charge < -0.3 is 16.2 Å². The van der Waals surface area contributed by atoms with Crippen molar-refractivity contribution in [3.8, 4) is 0 Å². The van der Waals surface area contributed by atoms with Gasteiger partial charge in [0.15, 0.2) is 0 Å². The molecule has 0 amide bonds. The molecule has 0 aliphatic heterocycles. The average Bonchev–Trinajstić information content (AvgIpc) is 2.55. The second-order valence-electron chi connectivity index (χ2n) is 7.50. The summed E-state index contributed by atoms with van der Waals surface area (Å²) in [5, 5.41) is 13.5. The Morgan fingerprint density at radius 1 is 0.958 bits per heavy atom. The highest BCUT2D eigenvalue weighted by Gasteiger charge is 2.15. The number of rotatable bonds is 7. The largest absolute Gasteiger partial charge is 0.390 e. The molecule has 4 N–H and O–H groups in total. The molecule has 130 valence electrons. The van der Waals surface area contributed by atoms with E-state index < -0.39 is 6.10 Å². The van der Waals surface area contributed by atoms with Gasteiger partial charge in [-0.05, 0) is 28.5 Å². The molecule has 0 radical (unpaired) electrons. The van der Waals surface area contributed by atoms with Crippen molar-refractivity contribution >= 4 is 0 Å². The SMILES string of the molecule is CC(C)(C)c1ccc(CNC[C@H](O)[C@@H](N)Cc2ccccc2)cc1. The summed E-state index contributed by atoms with van der Waals surface area (Å²) in [6, 6.07) is 18.4. The highest BCUT2D eigenvalue weighted by molar-refractivity contribution is 5.27. The first-order valence-electron chi connectivity index (χ1n) is 8.64. The highest BCUT2D eigenvalue weighted by atomic mass is 16.3. The van der Waals surface area contributed by atoms with Crippen LogP contribution in [-0.2, 0) is 18.4 Å². The van der Waals surface area contributed by atoms with E-state index >= 15 is 0 Å². The fourth-order valence-corrected chi connectivity index (χ4v) is 2.66. The zero-order valence-electron chi connectivity index (χ0n) is 15.0. The molecule has 2 aromatic rings. The van der Waals surface area contributed by atoms with Gasteiger partial charge in [-0.3, -0.25) is 0 Å². The van der Waals surface area contributed by atoms with Crippen LogP contribution in [0.5, 0.6) is 0 Å². The van der Waals surface area contributed by atoms with E-state index in [1.165, 1.54) is 11.1 Å². The van der Waals surface area contributed by atoms with Crippen LogP contribution >= 0.6 is 0 Å². The van der Waals surface area contributed by atoms with E-state index in [9.17, 15) is 5.11 Å². The number of aliphatic hydroxyl groups excluding tert-OH is 1. The third-order valence-electron chi connectivity index (χ3n) is 4.31. The summed E-state index contributed by atoms with van der Waals surface area (Å²) >= 11 is 0. The molecular formula is C21H30N2O. The normalized spacial score (nSPS) is 14.4. The Hall–Kier alpha value is -1.68. The molecule has 24 heavy (non-hydrogen) atoms. The number of nitrogens with one attached hydrogen (secondary N) is 1. The summed E-state index contributed by atoms with van der Waals surface area (Å²) < 4.78 is 0. The Morgan fingerprint density at radius 3 is 2.17 bits per heavy atom. The van der Waals surface area contributed by atoms with E-state index in [-0.39, 0.29) is 11.5 Å². The van der Waals surface area contributed by atoms with Crippen LogP contribution in [-0.4, -0.2) is 23.8 Å². The Balaban J connectivity index is 1.76. The van der Waals surface area contributed by atoms with E-state index in [1.54, 1.807) is 0 Å². The van der Waals surface area contributed by atoms with Crippen molar-refractivity contribution in [2.24, 2.45) is 5.73 Å². The van der Waals surface area contributed by atoms with E-state index in [0.29, 0.717) is 13.0 Å². The monoisotopic (exact) mass is 326 g/mol. The first-order chi connectivity index (χ1) is 11.4. The average molecular weight is 326 g/mol. The van der Waals surface area contributed by atoms with Crippen LogP contribution in [0.15, 0.2) is 54.6 Å². The molecule has 0 aliphatic rings. The standard InChI is InChI=1S/C21H30N2O/c1-21(2,3)18-11-9-17(10-12-18)14-23-15-20(24)19(22)13-16-7-5-4-6-8-16/h4-12,19-20,23-24H,13-15,22H2,1-3H3/t19-,20-/m0/s1. The molecule has 3 nitrogen and oxygen atoms in total. The number of hydrogen-bond acceptors (Lipinski definition) is 3. The molecule has 2 atom stereocenters. The van der Waals surface area contributed by atoms with E-state index in [0.717, 1.165) is 12.1 Å². The van der Waals surface area contributed by atoms with Crippen molar-refractivity contribution < 1.29 is 5.11 Å². The highest BCUT2D eigenvalue weighted by Crippen LogP contribution is 2.22. The van der Waals surface area contributed by atoms with Gasteiger partial charge in [0.1, 0.15) is 0 Å². The van der Waals surface area contributed by atoms with Gasteiger partial charge in [0.25, 0.3) is 0 Å². The lowest BCUT2D eigenvalue weighted by atomic mass is 9.87. The smallest absolute Gasteiger partial charge is 0.0818 e. The van der Waals surface area contributed by atoms with Gasteiger partial charge >= 0.3 is 0 Å². The Kier molecular flexibility index (Phi) is 6.55. The topological polar surface area (TPSA) is 58.3 Å². The third kappa shape index (κ3) is 5.75. The first-order valence-corrected chi connectivity index (χ1v) is 8.64. The Labute approximate surface area is 145 Å². The van der Waals surface area contributed by atoms with Crippen LogP contribution in [0.4, 0.5) is 0 Å². The first kappa shape index (κ1) is 18.7. The molecule has 2 rings (SSSR count). The summed E-state index contributed by atoms with van der Waals surface area (Å²) in [5.41, 5.74) is 9.98. The lowest BCUT2D eigenvalue weighted by molar-refractivity contribution is 0.141. The molecule has 0 bridgehead atoms. The summed E-state index contributed by atoms with van der Waals surface area (Å²) in [7, 11) is 0. The summed E-state index contributed by atoms with van der Waals surface area (Å²) in [4.78, 5) is 0. The summed E-state index contributed by atoms with van der Waals surface area (Å²) in [5.74, 6) is 0. The fraction of sp³-hybridized carbons (Fsp3) is 0.429. The minimum atomic E-state index is -0.556. The van der Waals surface area contributed by atoms with Gasteiger partial charge in [-0.2, -0.15) is 0 Å². The number of benzene rings is 2. The molecule has 0 fully saturated rings. The van der Waals surface area contributed by atoms with Crippen molar-refractivity contribution in [1.29, 1.82) is 0 Å². The summed E-state index contributed by atoms with van der Waals surface area (Å²) in [6.45, 7) is 7.87. The van der Waals surface area contributed by atoms with Crippen LogP contribution in [0.25, 0.3) is 0 Å². The van der Waals surface area contributed by atoms with Crippen LogP contribution < -0.4 is 11.1 Å². The van der Waals surface area contributed by atoms with Gasteiger partial charge in [-0.15, -0.1) is 0 Å². The quantitative estimate of drug-likeness (QED) is 0.733. The molecule has 0 spiro atoms. The molecular weight excluding hydrogens is 296 g/mol. The van der Waals surface area contributed by atoms with Gasteiger partial charge in [0.2, 0.25) is 0 Å². The molecule has 0 heterocycles. The van der Waals surface area contributed by atoms with Gasteiger partial charge in [0, 0.05) is 19.1 Å². The lowest BCUT2D eigenvalue weighted by Gasteiger charge is -2.20. The predicted molar refractivity (Wildman–Crippen MR) is 101 cm³/mol. The van der Waals surface area contributed by atoms with E-state index in [4.69, 9.17) is 5.73 Å². The zero-order chi connectivity index (χ0) is 17.6. The molecule has 0 aliphatic carbocycles. The van der Waals surface area contributed by atoms with Crippen molar-refractivity contribution in [3.63, 3.8) is 0 Å². The number of hydrogen-bond donors (Lipinski definition) is 3. The zero-order valence-corrected chi connectivity index (χ0v) is 15.0. The summed E-state index contributed by atoms with van der Waals surface area (Å²) in [6.07, 6.45) is 0.128. The van der Waals surface area contributed by atoms with Crippen LogP contribution in [0, 0.1) is 0 Å². The van der Waals surface area contributed by atoms with Gasteiger partial charge in [-0.25, -0.2) is 0 Å². The molecule has 2 aromatic carbocycles. The Bertz CT molecular complexity index is 602. The molecule has 3 heteroatoms. The second kappa shape index (κ2) is 8.43. The Morgan fingerprint density at radius 2 is 1.58 bits per heavy atom. The molecule has 0 saturated heterocycles. The minimum absolute atomic E-state index is 0.173. The fourth-order valence-electron chi connectivity index (χ4n) is 2.66. The predicted octanol–water partition coefficient (Wildman–Crippen LogP) is 3.00. The van der Waals surface area contributed by atoms with E-state index in [2.05, 4.69) is 50.4 Å². The molecule has 0 unspecified atom stereocenters. The van der Waals surface area contributed by atoms with Crippen LogP contribution in [0.1, 0.15) is 37.5 Å². The van der Waals surface area contributed by atoms with Crippen LogP contribution in [0.2, 0.25) is 0 Å². The van der Waals surface area contributed by atoms with Crippen molar-refractivity contribution in [1.82, 2.24) is 5.32 Å². The minimum Gasteiger partial charge on any atom is -0.390 e. The maximum Gasteiger partial charge on any atom is 0.0818 e. The maximum atomic E-state index is 10.2. The second-order valence-corrected chi connectivity index (χ2v) is 7.50. The number of aliphatic hydroxyl groups is 1. The maximum absolute atomic E-state index is 10.2. The van der Waals surface area contributed by atoms with Crippen LogP contribution in [0.3, 0.4) is 0 Å².